The van der Waals surface area contributed by atoms with E-state index in [-0.39, 0.29) is 28.8 Å². The van der Waals surface area contributed by atoms with Gasteiger partial charge in [0.15, 0.2) is 17.4 Å². The number of piperazine rings is 1. The molecule has 282 valence electrons. The second-order valence-electron chi connectivity index (χ2n) is 13.4. The average Bonchev–Trinajstić information content (AvgIpc) is 4.06. The zero-order valence-electron chi connectivity index (χ0n) is 32.4. The van der Waals surface area contributed by atoms with E-state index >= 15 is 8.78 Å². The summed E-state index contributed by atoms with van der Waals surface area (Å²) in [7, 11) is 0. The zero-order chi connectivity index (χ0) is 38.4. The number of ether oxygens (including phenoxy) is 1. The number of hydrogen-bond donors (Lipinski definition) is 2. The number of aromatic nitrogens is 3. The number of benzene rings is 2. The molecule has 2 aliphatic carbocycles. The van der Waals surface area contributed by atoms with Crippen LogP contribution < -0.4 is 20.3 Å². The third-order valence-electron chi connectivity index (χ3n) is 8.07. The Morgan fingerprint density at radius 3 is 2.02 bits per heavy atom. The van der Waals surface area contributed by atoms with Crippen molar-refractivity contribution >= 4 is 34.0 Å². The van der Waals surface area contributed by atoms with Crippen LogP contribution in [-0.4, -0.2) is 46.6 Å². The molecule has 2 aromatic heterocycles. The number of anilines is 3. The van der Waals surface area contributed by atoms with Crippen LogP contribution in [0.3, 0.4) is 0 Å². The number of hydrogen-bond acceptors (Lipinski definition) is 7. The van der Waals surface area contributed by atoms with Gasteiger partial charge in [-0.2, -0.15) is 9.37 Å². The van der Waals surface area contributed by atoms with Gasteiger partial charge in [0.05, 0.1) is 5.52 Å². The monoisotopic (exact) mass is 716 g/mol. The van der Waals surface area contributed by atoms with Crippen molar-refractivity contribution in [2.24, 2.45) is 11.8 Å². The van der Waals surface area contributed by atoms with Gasteiger partial charge in [-0.3, -0.25) is 9.36 Å². The van der Waals surface area contributed by atoms with Crippen molar-refractivity contribution in [1.29, 1.82) is 0 Å². The highest BCUT2D eigenvalue weighted by atomic mass is 19.1. The molecule has 7 rings (SSSR count). The van der Waals surface area contributed by atoms with Crippen LogP contribution in [0.2, 0.25) is 0 Å². The molecular weight excluding hydrogens is 658 g/mol. The van der Waals surface area contributed by atoms with Gasteiger partial charge in [0.2, 0.25) is 11.7 Å². The Morgan fingerprint density at radius 2 is 1.50 bits per heavy atom. The fraction of sp³-hybridized carbons (Fsp3) is 0.452. The standard InChI is InChI=1S/C27H26F2N6O2.C6H10.C4H8.C3H8.C2H6/c1-16-14-20-21(35(16)27(36)17-2-3-17)8-9-22(23(20)28)37-26-24(29)25(31-15-32-26)33-18-4-6-19(7-5-18)34-12-10-30-11-13-34;1-5(2)6-3-4-6;1-4(2)3;1-3-2;1-2/h4-9,14-15,17,30H,2-3,10-13H2,1H3,(H,31,32,33);6H,1,3-4H2,2H3;1H2,2-3H3;3H2,1-2H3;1-2H3. The van der Waals surface area contributed by atoms with Gasteiger partial charge in [0, 0.05) is 54.6 Å². The maximum absolute atomic E-state index is 15.4. The number of aryl methyl sites for hydroxylation is 1. The Morgan fingerprint density at radius 1 is 0.923 bits per heavy atom. The second-order valence-corrected chi connectivity index (χ2v) is 13.4. The molecule has 0 spiro atoms. The van der Waals surface area contributed by atoms with E-state index in [1.807, 2.05) is 52.0 Å². The molecule has 2 aromatic carbocycles. The third kappa shape index (κ3) is 12.0. The highest BCUT2D eigenvalue weighted by Gasteiger charge is 2.32. The minimum atomic E-state index is -0.842. The number of allylic oxidation sites excluding steroid dienone is 2. The van der Waals surface area contributed by atoms with Crippen LogP contribution in [0.15, 0.2) is 73.1 Å². The maximum atomic E-state index is 15.4. The molecule has 0 radical (unpaired) electrons. The summed E-state index contributed by atoms with van der Waals surface area (Å²) in [6, 6.07) is 12.2. The summed E-state index contributed by atoms with van der Waals surface area (Å²) in [5.74, 6) is -1.33. The molecule has 3 heterocycles. The number of rotatable bonds is 7. The van der Waals surface area contributed by atoms with Gasteiger partial charge in [0.1, 0.15) is 6.33 Å². The first-order valence-corrected chi connectivity index (χ1v) is 18.6. The van der Waals surface area contributed by atoms with E-state index in [1.54, 1.807) is 23.6 Å². The van der Waals surface area contributed by atoms with E-state index in [0.29, 0.717) is 16.9 Å². The van der Waals surface area contributed by atoms with Crippen LogP contribution in [-0.2, 0) is 0 Å². The minimum absolute atomic E-state index is 0.00686. The predicted molar refractivity (Wildman–Crippen MR) is 212 cm³/mol. The number of nitrogens with one attached hydrogen (secondary N) is 2. The molecule has 4 aromatic rings. The summed E-state index contributed by atoms with van der Waals surface area (Å²) in [6.45, 7) is 27.2. The maximum Gasteiger partial charge on any atom is 0.261 e. The molecule has 3 aliphatic rings. The van der Waals surface area contributed by atoms with Crippen molar-refractivity contribution in [2.75, 3.05) is 36.4 Å². The smallest absolute Gasteiger partial charge is 0.261 e. The highest BCUT2D eigenvalue weighted by Crippen LogP contribution is 2.37. The minimum Gasteiger partial charge on any atom is -0.433 e. The molecule has 1 saturated heterocycles. The van der Waals surface area contributed by atoms with Crippen LogP contribution >= 0.6 is 0 Å². The van der Waals surface area contributed by atoms with E-state index in [4.69, 9.17) is 4.74 Å². The zero-order valence-corrected chi connectivity index (χ0v) is 32.4. The van der Waals surface area contributed by atoms with E-state index in [1.165, 1.54) is 36.5 Å². The Balaban J connectivity index is 0.000000412. The average molecular weight is 717 g/mol. The summed E-state index contributed by atoms with van der Waals surface area (Å²) in [5.41, 5.74) is 5.38. The first-order valence-electron chi connectivity index (χ1n) is 18.6. The lowest BCUT2D eigenvalue weighted by Gasteiger charge is -2.29. The van der Waals surface area contributed by atoms with Crippen molar-refractivity contribution in [3.05, 3.63) is 90.4 Å². The lowest BCUT2D eigenvalue weighted by atomic mass is 10.2. The normalized spacial score (nSPS) is 14.5. The van der Waals surface area contributed by atoms with Gasteiger partial charge in [0.25, 0.3) is 5.88 Å². The largest absolute Gasteiger partial charge is 0.433 e. The van der Waals surface area contributed by atoms with Gasteiger partial charge in [-0.15, -0.1) is 6.58 Å². The van der Waals surface area contributed by atoms with E-state index < -0.39 is 17.5 Å². The fourth-order valence-corrected chi connectivity index (χ4v) is 5.25. The van der Waals surface area contributed by atoms with Crippen LogP contribution in [0.5, 0.6) is 11.6 Å². The molecule has 0 atom stereocenters. The first-order chi connectivity index (χ1) is 24.9. The molecule has 2 saturated carbocycles. The van der Waals surface area contributed by atoms with Crippen molar-refractivity contribution in [3.8, 4) is 11.6 Å². The number of halogens is 2. The fourth-order valence-electron chi connectivity index (χ4n) is 5.25. The predicted octanol–water partition coefficient (Wildman–Crippen LogP) is 11.0. The molecule has 0 amide bonds. The first kappa shape index (κ1) is 41.8. The van der Waals surface area contributed by atoms with Crippen molar-refractivity contribution in [2.45, 2.75) is 87.5 Å². The van der Waals surface area contributed by atoms with E-state index in [9.17, 15) is 4.79 Å². The number of carbonyl (C=O) groups is 1. The number of fused-ring (bicyclic) bond motifs is 1. The molecular formula is C42H58F2N6O2. The summed E-state index contributed by atoms with van der Waals surface area (Å²) in [4.78, 5) is 22.8. The van der Waals surface area contributed by atoms with E-state index in [0.717, 1.165) is 57.0 Å². The summed E-state index contributed by atoms with van der Waals surface area (Å²) < 4.78 is 37.7. The van der Waals surface area contributed by atoms with Gasteiger partial charge in [-0.25, -0.2) is 9.37 Å². The van der Waals surface area contributed by atoms with Crippen molar-refractivity contribution in [3.63, 3.8) is 0 Å². The van der Waals surface area contributed by atoms with Gasteiger partial charge >= 0.3 is 0 Å². The summed E-state index contributed by atoms with van der Waals surface area (Å²) >= 11 is 0. The topological polar surface area (TPSA) is 84.3 Å². The Bertz CT molecular complexity index is 1770. The van der Waals surface area contributed by atoms with Gasteiger partial charge < -0.3 is 20.3 Å². The van der Waals surface area contributed by atoms with Crippen LogP contribution in [0, 0.1) is 30.4 Å². The number of carbonyl (C=O) groups excluding carboxylic acids is 1. The Kier molecular flexibility index (Phi) is 16.5. The van der Waals surface area contributed by atoms with Gasteiger partial charge in [-0.1, -0.05) is 51.8 Å². The molecule has 2 N–H and O–H groups in total. The van der Waals surface area contributed by atoms with Crippen LogP contribution in [0.25, 0.3) is 10.9 Å². The third-order valence-corrected chi connectivity index (χ3v) is 8.07. The molecule has 8 nitrogen and oxygen atoms in total. The lowest BCUT2D eigenvalue weighted by molar-refractivity contribution is 0.0889. The molecule has 10 heteroatoms. The second kappa shape index (κ2) is 20.5. The van der Waals surface area contributed by atoms with Crippen LogP contribution in [0.1, 0.15) is 91.1 Å². The van der Waals surface area contributed by atoms with Crippen LogP contribution in [0.4, 0.5) is 26.0 Å². The van der Waals surface area contributed by atoms with Gasteiger partial charge in [-0.05, 0) is 102 Å². The quantitative estimate of drug-likeness (QED) is 0.184. The molecule has 0 bridgehead atoms. The highest BCUT2D eigenvalue weighted by molar-refractivity contribution is 5.96. The summed E-state index contributed by atoms with van der Waals surface area (Å²) in [6.07, 6.45) is 6.91. The van der Waals surface area contributed by atoms with E-state index in [2.05, 4.69) is 59.4 Å². The molecule has 3 fully saturated rings. The lowest BCUT2D eigenvalue weighted by Crippen LogP contribution is -2.43. The molecule has 0 unspecified atom stereocenters. The Labute approximate surface area is 309 Å². The van der Waals surface area contributed by atoms with Crippen molar-refractivity contribution in [1.82, 2.24) is 19.9 Å². The number of nitrogens with zero attached hydrogens (tertiary/aromatic N) is 4. The van der Waals surface area contributed by atoms with Crippen molar-refractivity contribution < 1.29 is 18.3 Å². The molecule has 52 heavy (non-hydrogen) atoms. The Hall–Kier alpha value is -4.57. The molecule has 1 aliphatic heterocycles. The summed E-state index contributed by atoms with van der Waals surface area (Å²) in [5, 5.41) is 6.50. The SMILES string of the molecule is C=C(C)C.C=C(C)C1CC1.CC.CCC.Cc1cc2c(F)c(Oc3ncnc(Nc4ccc(N5CCNCC5)cc4)c3F)ccc2n1C(=O)C1CC1.